The van der Waals surface area contributed by atoms with E-state index in [0.29, 0.717) is 0 Å². The number of piperidine rings is 1. The number of hydrogen-bond donors (Lipinski definition) is 2. The molecule has 0 amide bonds. The van der Waals surface area contributed by atoms with Crippen LogP contribution in [-0.4, -0.2) is 22.7 Å². The summed E-state index contributed by atoms with van der Waals surface area (Å²) in [6.07, 6.45) is 4.78. The number of pyridine rings is 1. The Kier molecular flexibility index (Phi) is 3.26. The average Bonchev–Trinajstić information content (AvgIpc) is 2.47. The van der Waals surface area contributed by atoms with Crippen molar-refractivity contribution in [2.45, 2.75) is 31.4 Å². The summed E-state index contributed by atoms with van der Waals surface area (Å²) in [5.41, 5.74) is 1.94. The second-order valence-corrected chi connectivity index (χ2v) is 4.92. The summed E-state index contributed by atoms with van der Waals surface area (Å²) in [4.78, 5) is 4.34. The van der Waals surface area contributed by atoms with E-state index in [9.17, 15) is 5.11 Å². The van der Waals surface area contributed by atoms with Crippen molar-refractivity contribution in [3.8, 4) is 0 Å². The second-order valence-electron chi connectivity index (χ2n) is 4.92. The Morgan fingerprint density at radius 2 is 2.11 bits per heavy atom. The third-order valence-corrected chi connectivity index (χ3v) is 3.73. The van der Waals surface area contributed by atoms with Gasteiger partial charge in [-0.15, -0.1) is 0 Å². The molecule has 18 heavy (non-hydrogen) atoms. The molecule has 0 spiro atoms. The molecular formula is C15H18N2O. The lowest BCUT2D eigenvalue weighted by atomic mass is 9.93. The Labute approximate surface area is 107 Å². The molecule has 3 heteroatoms. The van der Waals surface area contributed by atoms with Crippen molar-refractivity contribution in [1.82, 2.24) is 10.3 Å². The van der Waals surface area contributed by atoms with Crippen LogP contribution in [0.15, 0.2) is 36.5 Å². The lowest BCUT2D eigenvalue weighted by molar-refractivity contribution is 0.115. The molecule has 1 fully saturated rings. The second kappa shape index (κ2) is 5.04. The van der Waals surface area contributed by atoms with Crippen molar-refractivity contribution < 1.29 is 5.11 Å². The highest BCUT2D eigenvalue weighted by Crippen LogP contribution is 2.27. The quantitative estimate of drug-likeness (QED) is 0.850. The van der Waals surface area contributed by atoms with E-state index in [1.807, 2.05) is 30.3 Å². The molecule has 1 aliphatic heterocycles. The summed E-state index contributed by atoms with van der Waals surface area (Å²) in [5.74, 6) is 0. The molecule has 2 atom stereocenters. The van der Waals surface area contributed by atoms with Gasteiger partial charge < -0.3 is 10.4 Å². The summed E-state index contributed by atoms with van der Waals surface area (Å²) in [7, 11) is 0. The normalized spacial score (nSPS) is 21.9. The monoisotopic (exact) mass is 242 g/mol. The molecule has 94 valence electrons. The van der Waals surface area contributed by atoms with Gasteiger partial charge in [0.2, 0.25) is 0 Å². The van der Waals surface area contributed by atoms with E-state index in [4.69, 9.17) is 0 Å². The predicted octanol–water partition coefficient (Wildman–Crippen LogP) is 2.41. The predicted molar refractivity (Wildman–Crippen MR) is 72.3 cm³/mol. The molecule has 2 N–H and O–H groups in total. The highest BCUT2D eigenvalue weighted by atomic mass is 16.3. The van der Waals surface area contributed by atoms with Gasteiger partial charge in [0.15, 0.2) is 0 Å². The number of rotatable bonds is 2. The standard InChI is InChI=1S/C15H18N2O/c18-15(14-7-3-4-9-16-14)12-8-10-17-13-6-2-1-5-11(12)13/h1-2,5-6,8,10,14-16,18H,3-4,7,9H2/t14-,15-/m0/s1. The first-order chi connectivity index (χ1) is 8.86. The van der Waals surface area contributed by atoms with E-state index >= 15 is 0 Å². The van der Waals surface area contributed by atoms with Crippen LogP contribution in [0, 0.1) is 0 Å². The van der Waals surface area contributed by atoms with Crippen molar-refractivity contribution in [3.63, 3.8) is 0 Å². The molecule has 1 aromatic heterocycles. The van der Waals surface area contributed by atoms with Crippen LogP contribution in [0.2, 0.25) is 0 Å². The molecule has 2 aromatic rings. The Morgan fingerprint density at radius 3 is 2.94 bits per heavy atom. The van der Waals surface area contributed by atoms with Crippen LogP contribution in [0.4, 0.5) is 0 Å². The van der Waals surface area contributed by atoms with Crippen molar-refractivity contribution in [2.75, 3.05) is 6.54 Å². The van der Waals surface area contributed by atoms with Crippen LogP contribution in [-0.2, 0) is 0 Å². The number of para-hydroxylation sites is 1. The molecule has 0 unspecified atom stereocenters. The van der Waals surface area contributed by atoms with Crippen molar-refractivity contribution in [2.24, 2.45) is 0 Å². The number of aromatic nitrogens is 1. The fourth-order valence-electron chi connectivity index (χ4n) is 2.74. The minimum Gasteiger partial charge on any atom is -0.387 e. The van der Waals surface area contributed by atoms with E-state index in [1.165, 1.54) is 12.8 Å². The van der Waals surface area contributed by atoms with Gasteiger partial charge in [0.1, 0.15) is 0 Å². The van der Waals surface area contributed by atoms with Gasteiger partial charge in [-0.2, -0.15) is 0 Å². The molecule has 1 aromatic carbocycles. The molecule has 1 saturated heterocycles. The minimum absolute atomic E-state index is 0.171. The number of nitrogens with one attached hydrogen (secondary N) is 1. The third-order valence-electron chi connectivity index (χ3n) is 3.73. The smallest absolute Gasteiger partial charge is 0.0950 e. The van der Waals surface area contributed by atoms with E-state index in [2.05, 4.69) is 10.3 Å². The van der Waals surface area contributed by atoms with Gasteiger partial charge in [-0.3, -0.25) is 4.98 Å². The summed E-state index contributed by atoms with van der Waals surface area (Å²) in [5, 5.41) is 15.0. The number of aliphatic hydroxyl groups excluding tert-OH is 1. The maximum atomic E-state index is 10.6. The lowest BCUT2D eigenvalue weighted by Gasteiger charge is -2.28. The summed E-state index contributed by atoms with van der Waals surface area (Å²) >= 11 is 0. The first-order valence-corrected chi connectivity index (χ1v) is 6.61. The molecule has 0 bridgehead atoms. The van der Waals surface area contributed by atoms with Gasteiger partial charge in [-0.05, 0) is 37.1 Å². The van der Waals surface area contributed by atoms with Gasteiger partial charge in [0, 0.05) is 17.6 Å². The van der Waals surface area contributed by atoms with E-state index in [-0.39, 0.29) is 6.04 Å². The first kappa shape index (κ1) is 11.6. The molecule has 0 saturated carbocycles. The van der Waals surface area contributed by atoms with Crippen LogP contribution in [0.5, 0.6) is 0 Å². The Balaban J connectivity index is 1.97. The largest absolute Gasteiger partial charge is 0.387 e. The maximum absolute atomic E-state index is 10.6. The van der Waals surface area contributed by atoms with Gasteiger partial charge >= 0.3 is 0 Å². The number of nitrogens with zero attached hydrogens (tertiary/aromatic N) is 1. The van der Waals surface area contributed by atoms with Gasteiger partial charge in [0.05, 0.1) is 11.6 Å². The SMILES string of the molecule is O[C@@H](c1ccnc2ccccc12)[C@@H]1CCCCN1. The lowest BCUT2D eigenvalue weighted by Crippen LogP contribution is -2.38. The van der Waals surface area contributed by atoms with Crippen molar-refractivity contribution in [3.05, 3.63) is 42.1 Å². The Bertz CT molecular complexity index is 530. The van der Waals surface area contributed by atoms with Crippen LogP contribution in [0.25, 0.3) is 10.9 Å². The van der Waals surface area contributed by atoms with Gasteiger partial charge in [-0.1, -0.05) is 24.6 Å². The molecule has 0 aliphatic carbocycles. The maximum Gasteiger partial charge on any atom is 0.0950 e. The Morgan fingerprint density at radius 1 is 1.22 bits per heavy atom. The molecule has 3 nitrogen and oxygen atoms in total. The highest BCUT2D eigenvalue weighted by molar-refractivity contribution is 5.82. The number of fused-ring (bicyclic) bond motifs is 1. The fourth-order valence-corrected chi connectivity index (χ4v) is 2.74. The summed E-state index contributed by atoms with van der Waals surface area (Å²) in [6, 6.07) is 10.1. The molecular weight excluding hydrogens is 224 g/mol. The van der Waals surface area contributed by atoms with Gasteiger partial charge in [-0.25, -0.2) is 0 Å². The van der Waals surface area contributed by atoms with Crippen molar-refractivity contribution >= 4 is 10.9 Å². The zero-order valence-electron chi connectivity index (χ0n) is 10.3. The van der Waals surface area contributed by atoms with Crippen LogP contribution in [0.1, 0.15) is 30.9 Å². The van der Waals surface area contributed by atoms with Crippen LogP contribution in [0.3, 0.4) is 0 Å². The number of aliphatic hydroxyl groups is 1. The van der Waals surface area contributed by atoms with Crippen LogP contribution >= 0.6 is 0 Å². The average molecular weight is 242 g/mol. The zero-order valence-corrected chi connectivity index (χ0v) is 10.3. The topological polar surface area (TPSA) is 45.2 Å². The summed E-state index contributed by atoms with van der Waals surface area (Å²) < 4.78 is 0. The summed E-state index contributed by atoms with van der Waals surface area (Å²) in [6.45, 7) is 1.00. The Hall–Kier alpha value is -1.45. The fraction of sp³-hybridized carbons (Fsp3) is 0.400. The molecule has 2 heterocycles. The third kappa shape index (κ3) is 2.11. The minimum atomic E-state index is -0.446. The zero-order chi connectivity index (χ0) is 12.4. The highest BCUT2D eigenvalue weighted by Gasteiger charge is 2.23. The molecule has 0 radical (unpaired) electrons. The van der Waals surface area contributed by atoms with Crippen LogP contribution < -0.4 is 5.32 Å². The molecule has 3 rings (SSSR count). The number of hydrogen-bond acceptors (Lipinski definition) is 3. The van der Waals surface area contributed by atoms with E-state index in [1.54, 1.807) is 6.20 Å². The van der Waals surface area contributed by atoms with E-state index in [0.717, 1.165) is 29.4 Å². The van der Waals surface area contributed by atoms with E-state index < -0.39 is 6.10 Å². The number of benzene rings is 1. The van der Waals surface area contributed by atoms with Gasteiger partial charge in [0.25, 0.3) is 0 Å². The van der Waals surface area contributed by atoms with Crippen molar-refractivity contribution in [1.29, 1.82) is 0 Å². The first-order valence-electron chi connectivity index (χ1n) is 6.61. The molecule has 1 aliphatic rings.